The molecule has 0 amide bonds. The van der Waals surface area contributed by atoms with Crippen molar-refractivity contribution in [2.24, 2.45) is 5.41 Å². The minimum absolute atomic E-state index is 0.542. The largest absolute Gasteiger partial charge is 0.103 e. The molecule has 0 aromatic carbocycles. The number of rotatable bonds is 0. The number of allylic oxidation sites excluding steroid dienone is 3. The highest BCUT2D eigenvalue weighted by Gasteiger charge is 2.03. The highest BCUT2D eigenvalue weighted by Crippen LogP contribution is 2.16. The third-order valence-corrected chi connectivity index (χ3v) is 1.06. The van der Waals surface area contributed by atoms with E-state index in [1.807, 2.05) is 20.8 Å². The van der Waals surface area contributed by atoms with E-state index in [1.165, 1.54) is 6.42 Å². The van der Waals surface area contributed by atoms with E-state index in [-0.39, 0.29) is 0 Å². The van der Waals surface area contributed by atoms with Crippen LogP contribution in [0.3, 0.4) is 0 Å². The van der Waals surface area contributed by atoms with Gasteiger partial charge in [-0.25, -0.2) is 0 Å². The molecule has 0 saturated heterocycles. The monoisotopic (exact) mass is 212 g/mol. The maximum atomic E-state index is 3.36. The first-order valence-corrected chi connectivity index (χ1v) is 5.52. The minimum Gasteiger partial charge on any atom is -0.103 e. The fourth-order valence-corrected chi connectivity index (χ4v) is 0. The standard InChI is InChI=1S/C6H14.3C3H6/c1-5-6(2,3)4;3*1-3-2/h5H2,1-4H3;3*3H,1H2,2H3. The summed E-state index contributed by atoms with van der Waals surface area (Å²) in [5.74, 6) is 0. The van der Waals surface area contributed by atoms with E-state index >= 15 is 0 Å². The molecule has 0 spiro atoms. The van der Waals surface area contributed by atoms with Crippen molar-refractivity contribution < 1.29 is 0 Å². The lowest BCUT2D eigenvalue weighted by Crippen LogP contribution is -2.00. The molecule has 0 rings (SSSR count). The molecule has 0 radical (unpaired) electrons. The van der Waals surface area contributed by atoms with Gasteiger partial charge in [0.2, 0.25) is 0 Å². The van der Waals surface area contributed by atoms with Crippen molar-refractivity contribution in [3.05, 3.63) is 38.0 Å². The van der Waals surface area contributed by atoms with Crippen LogP contribution in [-0.2, 0) is 0 Å². The Kier molecular flexibility index (Phi) is 36.8. The van der Waals surface area contributed by atoms with Crippen LogP contribution >= 0.6 is 0 Å². The summed E-state index contributed by atoms with van der Waals surface area (Å²) in [6, 6.07) is 0. The molecule has 0 aliphatic heterocycles. The smallest absolute Gasteiger partial charge is 0.0385 e. The fourth-order valence-electron chi connectivity index (χ4n) is 0. The summed E-state index contributed by atoms with van der Waals surface area (Å²) in [5, 5.41) is 0. The van der Waals surface area contributed by atoms with Crippen LogP contribution in [0.5, 0.6) is 0 Å². The van der Waals surface area contributed by atoms with Crippen LogP contribution in [0.15, 0.2) is 38.0 Å². The predicted molar refractivity (Wildman–Crippen MR) is 77.4 cm³/mol. The van der Waals surface area contributed by atoms with E-state index in [0.29, 0.717) is 5.41 Å². The van der Waals surface area contributed by atoms with Gasteiger partial charge in [-0.05, 0) is 26.2 Å². The molecule has 15 heavy (non-hydrogen) atoms. The lowest BCUT2D eigenvalue weighted by atomic mass is 9.94. The van der Waals surface area contributed by atoms with Gasteiger partial charge in [0.15, 0.2) is 0 Å². The van der Waals surface area contributed by atoms with Gasteiger partial charge in [-0.3, -0.25) is 0 Å². The van der Waals surface area contributed by atoms with Crippen LogP contribution in [0.1, 0.15) is 54.9 Å². The lowest BCUT2D eigenvalue weighted by Gasteiger charge is -2.12. The molecule has 0 atom stereocenters. The minimum atomic E-state index is 0.542. The van der Waals surface area contributed by atoms with Gasteiger partial charge in [0.05, 0.1) is 0 Å². The third-order valence-electron chi connectivity index (χ3n) is 1.06. The second kappa shape index (κ2) is 23.2. The second-order valence-electron chi connectivity index (χ2n) is 4.14. The highest BCUT2D eigenvalue weighted by molar-refractivity contribution is 4.55. The van der Waals surface area contributed by atoms with Gasteiger partial charge in [-0.1, -0.05) is 52.3 Å². The molecule has 0 nitrogen and oxygen atoms in total. The average Bonchev–Trinajstić information content (AvgIpc) is 2.07. The Morgan fingerprint density at radius 3 is 0.867 bits per heavy atom. The summed E-state index contributed by atoms with van der Waals surface area (Å²) < 4.78 is 0. The molecule has 0 aromatic rings. The van der Waals surface area contributed by atoms with Crippen molar-refractivity contribution in [1.29, 1.82) is 0 Å². The van der Waals surface area contributed by atoms with Crippen LogP contribution in [0.2, 0.25) is 0 Å². The van der Waals surface area contributed by atoms with Crippen molar-refractivity contribution in [2.75, 3.05) is 0 Å². The van der Waals surface area contributed by atoms with Crippen molar-refractivity contribution in [3.8, 4) is 0 Å². The highest BCUT2D eigenvalue weighted by atomic mass is 14.1. The summed E-state index contributed by atoms with van der Waals surface area (Å²) in [6.45, 7) is 24.7. The van der Waals surface area contributed by atoms with E-state index in [9.17, 15) is 0 Å². The van der Waals surface area contributed by atoms with Crippen molar-refractivity contribution >= 4 is 0 Å². The van der Waals surface area contributed by atoms with Crippen LogP contribution < -0.4 is 0 Å². The van der Waals surface area contributed by atoms with Gasteiger partial charge in [0.1, 0.15) is 0 Å². The summed E-state index contributed by atoms with van der Waals surface area (Å²) in [5.41, 5.74) is 0.542. The zero-order chi connectivity index (χ0) is 13.3. The Morgan fingerprint density at radius 2 is 0.867 bits per heavy atom. The van der Waals surface area contributed by atoms with Crippen molar-refractivity contribution in [2.45, 2.75) is 54.9 Å². The molecule has 0 N–H and O–H groups in total. The van der Waals surface area contributed by atoms with E-state index < -0.39 is 0 Å². The zero-order valence-electron chi connectivity index (χ0n) is 12.1. The Balaban J connectivity index is -0.0000000581. The molecule has 0 heteroatoms. The Morgan fingerprint density at radius 1 is 0.800 bits per heavy atom. The van der Waals surface area contributed by atoms with Gasteiger partial charge in [0, 0.05) is 0 Å². The SMILES string of the molecule is C=CC.C=CC.C=CC.CCC(C)(C)C. The Hall–Kier alpha value is -0.780. The summed E-state index contributed by atoms with van der Waals surface area (Å²) in [7, 11) is 0. The summed E-state index contributed by atoms with van der Waals surface area (Å²) in [6.07, 6.45) is 6.52. The molecule has 0 saturated carbocycles. The first-order valence-electron chi connectivity index (χ1n) is 5.52. The summed E-state index contributed by atoms with van der Waals surface area (Å²) in [4.78, 5) is 0. The van der Waals surface area contributed by atoms with Gasteiger partial charge < -0.3 is 0 Å². The molecule has 0 bridgehead atoms. The quantitative estimate of drug-likeness (QED) is 0.431. The molecule has 0 fully saturated rings. The third kappa shape index (κ3) is 338. The van der Waals surface area contributed by atoms with Crippen LogP contribution in [0.25, 0.3) is 0 Å². The zero-order valence-corrected chi connectivity index (χ0v) is 12.1. The van der Waals surface area contributed by atoms with E-state index in [1.54, 1.807) is 18.2 Å². The average molecular weight is 212 g/mol. The topological polar surface area (TPSA) is 0 Å². The maximum Gasteiger partial charge on any atom is -0.0385 e. The van der Waals surface area contributed by atoms with Crippen LogP contribution in [0.4, 0.5) is 0 Å². The first-order chi connectivity index (χ1) is 6.80. The fraction of sp³-hybridized carbons (Fsp3) is 0.600. The molecule has 0 unspecified atom stereocenters. The van der Waals surface area contributed by atoms with E-state index in [4.69, 9.17) is 0 Å². The van der Waals surface area contributed by atoms with E-state index in [0.717, 1.165) is 0 Å². The van der Waals surface area contributed by atoms with Crippen LogP contribution in [-0.4, -0.2) is 0 Å². The predicted octanol–water partition coefficient (Wildman–Crippen LogP) is 6.02. The van der Waals surface area contributed by atoms with Crippen molar-refractivity contribution in [1.82, 2.24) is 0 Å². The number of hydrogen-bond donors (Lipinski definition) is 0. The first kappa shape index (κ1) is 23.8. The molecule has 0 heterocycles. The van der Waals surface area contributed by atoms with Gasteiger partial charge in [0.25, 0.3) is 0 Å². The van der Waals surface area contributed by atoms with Crippen LogP contribution in [0, 0.1) is 5.41 Å². The molecular formula is C15H32. The van der Waals surface area contributed by atoms with Gasteiger partial charge >= 0.3 is 0 Å². The Labute approximate surface area is 98.8 Å². The lowest BCUT2D eigenvalue weighted by molar-refractivity contribution is 0.398. The summed E-state index contributed by atoms with van der Waals surface area (Å²) >= 11 is 0. The molecule has 0 aliphatic rings. The maximum absolute atomic E-state index is 3.36. The molecule has 0 aliphatic carbocycles. The normalized spacial score (nSPS) is 7.40. The van der Waals surface area contributed by atoms with Crippen molar-refractivity contribution in [3.63, 3.8) is 0 Å². The second-order valence-corrected chi connectivity index (χ2v) is 4.14. The molecule has 92 valence electrons. The van der Waals surface area contributed by atoms with Gasteiger partial charge in [-0.2, -0.15) is 0 Å². The molecule has 0 aromatic heterocycles. The Bertz CT molecular complexity index is 98.2. The van der Waals surface area contributed by atoms with E-state index in [2.05, 4.69) is 47.4 Å². The molecular weight excluding hydrogens is 180 g/mol. The number of hydrogen-bond acceptors (Lipinski definition) is 0. The van der Waals surface area contributed by atoms with Gasteiger partial charge in [-0.15, -0.1) is 19.7 Å².